The highest BCUT2D eigenvalue weighted by Gasteiger charge is 2.11. The Balaban J connectivity index is 1.44. The molecule has 0 bridgehead atoms. The first-order valence-corrected chi connectivity index (χ1v) is 11.2. The van der Waals surface area contributed by atoms with E-state index >= 15 is 0 Å². The Morgan fingerprint density at radius 2 is 1.91 bits per heavy atom. The third kappa shape index (κ3) is 5.18. The van der Waals surface area contributed by atoms with Gasteiger partial charge in [-0.15, -0.1) is 0 Å². The lowest BCUT2D eigenvalue weighted by molar-refractivity contribution is 0.238. The number of rotatable bonds is 9. The van der Waals surface area contributed by atoms with Crippen LogP contribution < -0.4 is 15.5 Å². The van der Waals surface area contributed by atoms with E-state index in [0.29, 0.717) is 17.5 Å². The van der Waals surface area contributed by atoms with Crippen LogP contribution in [0.3, 0.4) is 0 Å². The highest BCUT2D eigenvalue weighted by Crippen LogP contribution is 2.30. The summed E-state index contributed by atoms with van der Waals surface area (Å²) < 4.78 is 13.2. The van der Waals surface area contributed by atoms with E-state index in [1.165, 1.54) is 23.5 Å². The molecule has 1 atom stereocenters. The SMILES string of the molecule is CCC(CO)NCc1ccc(Nc2nc3ccc(N(C)c4ccc(F)cc4)nc3s2)nc1. The van der Waals surface area contributed by atoms with Crippen molar-refractivity contribution in [3.05, 3.63) is 66.1 Å². The minimum Gasteiger partial charge on any atom is -0.395 e. The van der Waals surface area contributed by atoms with Crippen LogP contribution in [0.4, 0.5) is 26.8 Å². The third-order valence-corrected chi connectivity index (χ3v) is 6.05. The molecule has 0 aliphatic rings. The minimum absolute atomic E-state index is 0.0926. The number of aliphatic hydroxyl groups is 1. The monoisotopic (exact) mass is 452 g/mol. The van der Waals surface area contributed by atoms with E-state index < -0.39 is 0 Å². The van der Waals surface area contributed by atoms with Crippen molar-refractivity contribution in [2.24, 2.45) is 0 Å². The summed E-state index contributed by atoms with van der Waals surface area (Å²) in [5.41, 5.74) is 2.69. The lowest BCUT2D eigenvalue weighted by Crippen LogP contribution is -2.31. The number of fused-ring (bicyclic) bond motifs is 1. The van der Waals surface area contributed by atoms with Gasteiger partial charge in [0, 0.05) is 31.5 Å². The van der Waals surface area contributed by atoms with Gasteiger partial charge in [-0.1, -0.05) is 24.3 Å². The second-order valence-corrected chi connectivity index (χ2v) is 8.37. The molecule has 7 nitrogen and oxygen atoms in total. The number of aromatic nitrogens is 3. The number of halogens is 1. The second kappa shape index (κ2) is 9.99. The first-order valence-electron chi connectivity index (χ1n) is 10.4. The Hall–Kier alpha value is -3.14. The van der Waals surface area contributed by atoms with Gasteiger partial charge in [0.25, 0.3) is 0 Å². The van der Waals surface area contributed by atoms with Gasteiger partial charge in [0.2, 0.25) is 0 Å². The van der Waals surface area contributed by atoms with Crippen molar-refractivity contribution in [2.75, 3.05) is 23.9 Å². The van der Waals surface area contributed by atoms with Crippen LogP contribution in [0.15, 0.2) is 54.7 Å². The topological polar surface area (TPSA) is 86.2 Å². The van der Waals surface area contributed by atoms with E-state index in [4.69, 9.17) is 4.98 Å². The molecular weight excluding hydrogens is 427 g/mol. The van der Waals surface area contributed by atoms with E-state index in [1.54, 1.807) is 18.3 Å². The summed E-state index contributed by atoms with van der Waals surface area (Å²) in [5.74, 6) is 1.19. The van der Waals surface area contributed by atoms with Gasteiger partial charge in [0.15, 0.2) is 5.13 Å². The van der Waals surface area contributed by atoms with Gasteiger partial charge in [-0.3, -0.25) is 0 Å². The van der Waals surface area contributed by atoms with Crippen LogP contribution in [0, 0.1) is 5.82 Å². The lowest BCUT2D eigenvalue weighted by Gasteiger charge is -2.17. The molecule has 4 aromatic rings. The number of thiazole rings is 1. The standard InChI is InChI=1S/C23H25FN6OS/c1-3-17(14-31)25-12-15-4-10-20(26-13-15)28-23-27-19-9-11-21(29-22(19)32-23)30(2)18-7-5-16(24)6-8-18/h4-11,13,17,25,31H,3,12,14H2,1-2H3,(H,26,27,28). The molecule has 0 spiro atoms. The van der Waals surface area contributed by atoms with Crippen LogP contribution in [0.5, 0.6) is 0 Å². The van der Waals surface area contributed by atoms with Crippen LogP contribution in [-0.4, -0.2) is 39.8 Å². The predicted molar refractivity (Wildman–Crippen MR) is 127 cm³/mol. The lowest BCUT2D eigenvalue weighted by atomic mass is 10.2. The van der Waals surface area contributed by atoms with Crippen molar-refractivity contribution >= 4 is 44.1 Å². The molecular formula is C23H25FN6OS. The number of nitrogens with zero attached hydrogens (tertiary/aromatic N) is 4. The number of benzene rings is 1. The second-order valence-electron chi connectivity index (χ2n) is 7.39. The largest absolute Gasteiger partial charge is 0.395 e. The minimum atomic E-state index is -0.267. The molecule has 0 amide bonds. The quantitative estimate of drug-likeness (QED) is 0.342. The van der Waals surface area contributed by atoms with E-state index in [0.717, 1.165) is 33.8 Å². The van der Waals surface area contributed by atoms with Gasteiger partial charge in [-0.05, 0) is 54.4 Å². The smallest absolute Gasteiger partial charge is 0.190 e. The predicted octanol–water partition coefficient (Wildman–Crippen LogP) is 4.60. The van der Waals surface area contributed by atoms with E-state index in [-0.39, 0.29) is 18.5 Å². The molecule has 0 saturated carbocycles. The number of nitrogens with one attached hydrogen (secondary N) is 2. The molecule has 0 aliphatic heterocycles. The summed E-state index contributed by atoms with van der Waals surface area (Å²) >= 11 is 1.45. The molecule has 32 heavy (non-hydrogen) atoms. The fraction of sp³-hybridized carbons (Fsp3) is 0.261. The Morgan fingerprint density at radius 1 is 1.09 bits per heavy atom. The number of hydrogen-bond donors (Lipinski definition) is 3. The van der Waals surface area contributed by atoms with Crippen LogP contribution in [0.2, 0.25) is 0 Å². The number of aliphatic hydroxyl groups excluding tert-OH is 1. The summed E-state index contributed by atoms with van der Waals surface area (Å²) in [7, 11) is 1.89. The average Bonchev–Trinajstić information content (AvgIpc) is 3.22. The molecule has 0 radical (unpaired) electrons. The molecule has 3 aromatic heterocycles. The van der Waals surface area contributed by atoms with Gasteiger partial charge in [-0.25, -0.2) is 19.3 Å². The first kappa shape index (κ1) is 22.1. The Kier molecular flexibility index (Phi) is 6.89. The average molecular weight is 453 g/mol. The Morgan fingerprint density at radius 3 is 2.59 bits per heavy atom. The van der Waals surface area contributed by atoms with Gasteiger partial charge in [0.1, 0.15) is 27.8 Å². The third-order valence-electron chi connectivity index (χ3n) is 5.17. The fourth-order valence-corrected chi connectivity index (χ4v) is 4.00. The highest BCUT2D eigenvalue weighted by atomic mass is 32.1. The Bertz CT molecular complexity index is 1160. The highest BCUT2D eigenvalue weighted by molar-refractivity contribution is 7.21. The molecule has 9 heteroatoms. The zero-order chi connectivity index (χ0) is 22.5. The van der Waals surface area contributed by atoms with Gasteiger partial charge in [-0.2, -0.15) is 0 Å². The van der Waals surface area contributed by atoms with E-state index in [9.17, 15) is 9.50 Å². The molecule has 0 saturated heterocycles. The Labute approximate surface area is 190 Å². The fourth-order valence-electron chi connectivity index (χ4n) is 3.16. The molecule has 166 valence electrons. The summed E-state index contributed by atoms with van der Waals surface area (Å²) in [6, 6.07) is 14.1. The van der Waals surface area contributed by atoms with Crippen molar-refractivity contribution in [1.82, 2.24) is 20.3 Å². The molecule has 1 aromatic carbocycles. The summed E-state index contributed by atoms with van der Waals surface area (Å²) in [4.78, 5) is 16.5. The van der Waals surface area contributed by atoms with Crippen molar-refractivity contribution in [1.29, 1.82) is 0 Å². The van der Waals surface area contributed by atoms with Gasteiger partial charge < -0.3 is 20.6 Å². The van der Waals surface area contributed by atoms with Crippen molar-refractivity contribution in [3.63, 3.8) is 0 Å². The zero-order valence-corrected chi connectivity index (χ0v) is 18.7. The molecule has 0 fully saturated rings. The van der Waals surface area contributed by atoms with Crippen LogP contribution in [0.1, 0.15) is 18.9 Å². The molecule has 0 aliphatic carbocycles. The van der Waals surface area contributed by atoms with Gasteiger partial charge >= 0.3 is 0 Å². The maximum absolute atomic E-state index is 13.2. The van der Waals surface area contributed by atoms with Crippen LogP contribution in [0.25, 0.3) is 10.3 Å². The van der Waals surface area contributed by atoms with Crippen LogP contribution in [-0.2, 0) is 6.54 Å². The number of anilines is 4. The summed E-state index contributed by atoms with van der Waals surface area (Å²) in [5, 5.41) is 16.5. The van der Waals surface area contributed by atoms with E-state index in [1.807, 2.05) is 43.1 Å². The van der Waals surface area contributed by atoms with Crippen LogP contribution >= 0.6 is 11.3 Å². The van der Waals surface area contributed by atoms with Crippen molar-refractivity contribution in [3.8, 4) is 0 Å². The summed E-state index contributed by atoms with van der Waals surface area (Å²) in [6.45, 7) is 2.81. The molecule has 1 unspecified atom stereocenters. The maximum atomic E-state index is 13.2. The molecule has 3 N–H and O–H groups in total. The molecule has 3 heterocycles. The number of hydrogen-bond acceptors (Lipinski definition) is 8. The first-order chi connectivity index (χ1) is 15.6. The van der Waals surface area contributed by atoms with E-state index in [2.05, 4.69) is 20.6 Å². The normalized spacial score (nSPS) is 12.1. The number of pyridine rings is 2. The van der Waals surface area contributed by atoms with Crippen molar-refractivity contribution < 1.29 is 9.50 Å². The van der Waals surface area contributed by atoms with Gasteiger partial charge in [0.05, 0.1) is 6.61 Å². The zero-order valence-electron chi connectivity index (χ0n) is 17.9. The van der Waals surface area contributed by atoms with Crippen molar-refractivity contribution in [2.45, 2.75) is 25.9 Å². The maximum Gasteiger partial charge on any atom is 0.190 e. The summed E-state index contributed by atoms with van der Waals surface area (Å²) in [6.07, 6.45) is 2.68. The molecule has 4 rings (SSSR count).